The molecule has 0 fully saturated rings. The van der Waals surface area contributed by atoms with Gasteiger partial charge in [0.1, 0.15) is 0 Å². The van der Waals surface area contributed by atoms with Gasteiger partial charge in [0.15, 0.2) is 0 Å². The van der Waals surface area contributed by atoms with Gasteiger partial charge in [-0.1, -0.05) is 19.1 Å². The lowest BCUT2D eigenvalue weighted by atomic mass is 9.99. The fourth-order valence-electron chi connectivity index (χ4n) is 1.84. The van der Waals surface area contributed by atoms with E-state index >= 15 is 0 Å². The van der Waals surface area contributed by atoms with Crippen LogP contribution >= 0.6 is 0 Å². The van der Waals surface area contributed by atoms with Crippen LogP contribution in [0.25, 0.3) is 0 Å². The largest absolute Gasteiger partial charge is 0.341 e. The van der Waals surface area contributed by atoms with Crippen molar-refractivity contribution < 1.29 is 13.2 Å². The standard InChI is InChI=1S/C15H24N2O3S/c1-5-15(2,3)17(4)14(18)11-8-12-6-9-13(10-7-12)21(16,19)20/h6-7,9-10H,5,8,11H2,1-4H3,(H2,16,19,20). The van der Waals surface area contributed by atoms with Crippen LogP contribution in [0.1, 0.15) is 39.2 Å². The van der Waals surface area contributed by atoms with Crippen molar-refractivity contribution in [1.29, 1.82) is 0 Å². The van der Waals surface area contributed by atoms with Gasteiger partial charge in [0.25, 0.3) is 0 Å². The molecule has 0 unspecified atom stereocenters. The predicted octanol–water partition coefficient (Wildman–Crippen LogP) is 1.91. The molecule has 21 heavy (non-hydrogen) atoms. The van der Waals surface area contributed by atoms with Crippen molar-refractivity contribution in [3.8, 4) is 0 Å². The minimum atomic E-state index is -3.66. The Balaban J connectivity index is 2.66. The molecule has 0 aliphatic rings. The Hall–Kier alpha value is -1.40. The molecule has 0 aromatic heterocycles. The van der Waals surface area contributed by atoms with Crippen molar-refractivity contribution in [3.05, 3.63) is 29.8 Å². The van der Waals surface area contributed by atoms with Crippen LogP contribution in [0.2, 0.25) is 0 Å². The number of benzene rings is 1. The second-order valence-corrected chi connectivity index (χ2v) is 7.37. The molecule has 0 saturated carbocycles. The van der Waals surface area contributed by atoms with Crippen LogP contribution < -0.4 is 5.14 Å². The van der Waals surface area contributed by atoms with E-state index in [1.54, 1.807) is 17.0 Å². The second-order valence-electron chi connectivity index (χ2n) is 5.81. The maximum Gasteiger partial charge on any atom is 0.238 e. The van der Waals surface area contributed by atoms with Crippen LogP contribution in [0.15, 0.2) is 29.2 Å². The Bertz CT molecular complexity index is 592. The molecular formula is C15H24N2O3S. The molecule has 1 aromatic carbocycles. The summed E-state index contributed by atoms with van der Waals surface area (Å²) in [4.78, 5) is 14.0. The summed E-state index contributed by atoms with van der Waals surface area (Å²) in [6.45, 7) is 6.12. The summed E-state index contributed by atoms with van der Waals surface area (Å²) in [5.41, 5.74) is 0.757. The summed E-state index contributed by atoms with van der Waals surface area (Å²) in [6, 6.07) is 6.32. The molecule has 0 heterocycles. The van der Waals surface area contributed by atoms with Gasteiger partial charge in [-0.3, -0.25) is 4.79 Å². The summed E-state index contributed by atoms with van der Waals surface area (Å²) in [5.74, 6) is 0.0809. The number of carbonyl (C=O) groups is 1. The first-order chi connectivity index (χ1) is 9.58. The molecule has 0 bridgehead atoms. The van der Waals surface area contributed by atoms with Gasteiger partial charge in [-0.05, 0) is 44.4 Å². The predicted molar refractivity (Wildman–Crippen MR) is 83.3 cm³/mol. The summed E-state index contributed by atoms with van der Waals surface area (Å²) in [5, 5.41) is 5.04. The Morgan fingerprint density at radius 1 is 1.24 bits per heavy atom. The number of carbonyl (C=O) groups excluding carboxylic acids is 1. The summed E-state index contributed by atoms with van der Waals surface area (Å²) in [7, 11) is -1.85. The van der Waals surface area contributed by atoms with Crippen molar-refractivity contribution in [3.63, 3.8) is 0 Å². The van der Waals surface area contributed by atoms with Gasteiger partial charge in [0, 0.05) is 19.0 Å². The molecule has 6 heteroatoms. The third kappa shape index (κ3) is 4.82. The maximum atomic E-state index is 12.2. The molecule has 0 saturated heterocycles. The summed E-state index contributed by atoms with van der Waals surface area (Å²) in [6.07, 6.45) is 1.86. The number of aryl methyl sites for hydroxylation is 1. The van der Waals surface area contributed by atoms with E-state index in [1.807, 2.05) is 20.9 Å². The smallest absolute Gasteiger partial charge is 0.238 e. The van der Waals surface area contributed by atoms with E-state index in [2.05, 4.69) is 6.92 Å². The molecule has 0 radical (unpaired) electrons. The van der Waals surface area contributed by atoms with Gasteiger partial charge in [-0.25, -0.2) is 13.6 Å². The highest BCUT2D eigenvalue weighted by Crippen LogP contribution is 2.18. The molecular weight excluding hydrogens is 288 g/mol. The Labute approximate surface area is 127 Å². The highest BCUT2D eigenvalue weighted by molar-refractivity contribution is 7.89. The van der Waals surface area contributed by atoms with Crippen molar-refractivity contribution >= 4 is 15.9 Å². The highest BCUT2D eigenvalue weighted by Gasteiger charge is 2.25. The Morgan fingerprint density at radius 2 is 1.76 bits per heavy atom. The van der Waals surface area contributed by atoms with Gasteiger partial charge < -0.3 is 4.90 Å². The number of primary sulfonamides is 1. The fraction of sp³-hybridized carbons (Fsp3) is 0.533. The molecule has 1 rings (SSSR count). The lowest BCUT2D eigenvalue weighted by molar-refractivity contribution is -0.134. The molecule has 5 nitrogen and oxygen atoms in total. The lowest BCUT2D eigenvalue weighted by Gasteiger charge is -2.35. The average Bonchev–Trinajstić information content (AvgIpc) is 2.43. The first-order valence-corrected chi connectivity index (χ1v) is 8.51. The zero-order valence-corrected chi connectivity index (χ0v) is 13.9. The third-order valence-electron chi connectivity index (χ3n) is 4.03. The first kappa shape index (κ1) is 17.7. The maximum absolute atomic E-state index is 12.2. The number of hydrogen-bond donors (Lipinski definition) is 1. The number of nitrogens with zero attached hydrogens (tertiary/aromatic N) is 1. The molecule has 118 valence electrons. The Kier molecular flexibility index (Phi) is 5.53. The van der Waals surface area contributed by atoms with E-state index in [0.717, 1.165) is 12.0 Å². The lowest BCUT2D eigenvalue weighted by Crippen LogP contribution is -2.44. The molecule has 0 aliphatic carbocycles. The first-order valence-electron chi connectivity index (χ1n) is 6.96. The van der Waals surface area contributed by atoms with Gasteiger partial charge in [-0.2, -0.15) is 0 Å². The summed E-state index contributed by atoms with van der Waals surface area (Å²) < 4.78 is 22.3. The van der Waals surface area contributed by atoms with Crippen LogP contribution in [-0.2, 0) is 21.2 Å². The van der Waals surface area contributed by atoms with Crippen LogP contribution in [0.4, 0.5) is 0 Å². The van der Waals surface area contributed by atoms with E-state index in [1.165, 1.54) is 12.1 Å². The number of rotatable bonds is 6. The minimum absolute atomic E-state index is 0.0809. The van der Waals surface area contributed by atoms with Crippen LogP contribution in [0, 0.1) is 0 Å². The number of nitrogens with two attached hydrogens (primary N) is 1. The monoisotopic (exact) mass is 312 g/mol. The Morgan fingerprint density at radius 3 is 2.19 bits per heavy atom. The van der Waals surface area contributed by atoms with Crippen molar-refractivity contribution in [2.24, 2.45) is 5.14 Å². The SMILES string of the molecule is CCC(C)(C)N(C)C(=O)CCc1ccc(S(N)(=O)=O)cc1. The van der Waals surface area contributed by atoms with E-state index in [4.69, 9.17) is 5.14 Å². The van der Waals surface area contributed by atoms with Crippen molar-refractivity contribution in [2.75, 3.05) is 7.05 Å². The number of hydrogen-bond acceptors (Lipinski definition) is 3. The van der Waals surface area contributed by atoms with Crippen molar-refractivity contribution in [2.45, 2.75) is 50.5 Å². The van der Waals surface area contributed by atoms with Crippen molar-refractivity contribution in [1.82, 2.24) is 4.90 Å². The van der Waals surface area contributed by atoms with E-state index in [-0.39, 0.29) is 16.3 Å². The zero-order valence-electron chi connectivity index (χ0n) is 13.1. The third-order valence-corrected chi connectivity index (χ3v) is 4.96. The molecule has 0 atom stereocenters. The fourth-order valence-corrected chi connectivity index (χ4v) is 2.35. The summed E-state index contributed by atoms with van der Waals surface area (Å²) >= 11 is 0. The normalized spacial score (nSPS) is 12.2. The average molecular weight is 312 g/mol. The molecule has 1 amide bonds. The van der Waals surface area contributed by atoms with Gasteiger partial charge in [0.05, 0.1) is 4.90 Å². The van der Waals surface area contributed by atoms with Gasteiger partial charge in [-0.15, -0.1) is 0 Å². The molecule has 0 aliphatic heterocycles. The quantitative estimate of drug-likeness (QED) is 0.871. The number of sulfonamides is 1. The molecule has 1 aromatic rings. The molecule has 2 N–H and O–H groups in total. The van der Waals surface area contributed by atoms with Gasteiger partial charge in [0.2, 0.25) is 15.9 Å². The topological polar surface area (TPSA) is 80.5 Å². The van der Waals surface area contributed by atoms with Crippen LogP contribution in [-0.4, -0.2) is 31.8 Å². The van der Waals surface area contributed by atoms with Gasteiger partial charge >= 0.3 is 0 Å². The zero-order chi connectivity index (χ0) is 16.3. The molecule has 0 spiro atoms. The van der Waals surface area contributed by atoms with E-state index < -0.39 is 10.0 Å². The van der Waals surface area contributed by atoms with Crippen LogP contribution in [0.3, 0.4) is 0 Å². The minimum Gasteiger partial charge on any atom is -0.341 e. The highest BCUT2D eigenvalue weighted by atomic mass is 32.2. The number of amides is 1. The van der Waals surface area contributed by atoms with E-state index in [9.17, 15) is 13.2 Å². The van der Waals surface area contributed by atoms with E-state index in [0.29, 0.717) is 12.8 Å². The van der Waals surface area contributed by atoms with Crippen LogP contribution in [0.5, 0.6) is 0 Å². The second kappa shape index (κ2) is 6.58.